The van der Waals surface area contributed by atoms with Crippen LogP contribution in [-0.4, -0.2) is 24.2 Å². The molecule has 114 valence electrons. The summed E-state index contributed by atoms with van der Waals surface area (Å²) in [4.78, 5) is 11.9. The summed E-state index contributed by atoms with van der Waals surface area (Å²) in [7, 11) is 0. The summed E-state index contributed by atoms with van der Waals surface area (Å²) >= 11 is 0. The van der Waals surface area contributed by atoms with E-state index in [9.17, 15) is 9.90 Å². The van der Waals surface area contributed by atoms with E-state index in [4.69, 9.17) is 4.74 Å². The lowest BCUT2D eigenvalue weighted by Gasteiger charge is -2.16. The van der Waals surface area contributed by atoms with Gasteiger partial charge in [-0.15, -0.1) is 0 Å². The quantitative estimate of drug-likeness (QED) is 0.861. The summed E-state index contributed by atoms with van der Waals surface area (Å²) in [5.74, 6) is 0.186. The van der Waals surface area contributed by atoms with Gasteiger partial charge < -0.3 is 15.2 Å². The van der Waals surface area contributed by atoms with E-state index in [1.54, 1.807) is 18.2 Å². The maximum absolute atomic E-state index is 11.9. The molecule has 1 amide bonds. The molecule has 1 fully saturated rings. The zero-order chi connectivity index (χ0) is 15.4. The van der Waals surface area contributed by atoms with E-state index in [0.29, 0.717) is 12.3 Å². The minimum Gasteiger partial charge on any atom is -0.504 e. The van der Waals surface area contributed by atoms with Crippen molar-refractivity contribution in [3.05, 3.63) is 60.2 Å². The van der Waals surface area contributed by atoms with Crippen LogP contribution in [0.2, 0.25) is 0 Å². The first kappa shape index (κ1) is 14.4. The molecule has 4 nitrogen and oxygen atoms in total. The number of hydrogen-bond donors (Lipinski definition) is 2. The highest BCUT2D eigenvalue weighted by atomic mass is 16.5. The van der Waals surface area contributed by atoms with Crippen LogP contribution < -0.4 is 10.1 Å². The summed E-state index contributed by atoms with van der Waals surface area (Å²) in [6.07, 6.45) is 2.19. The first-order chi connectivity index (χ1) is 10.7. The fourth-order valence-electron chi connectivity index (χ4n) is 2.55. The van der Waals surface area contributed by atoms with Gasteiger partial charge in [-0.05, 0) is 30.5 Å². The molecular weight excluding hydrogens is 278 g/mol. The SMILES string of the molecule is O=C(COc1ccccc1O)NCC1(c2ccccc2)CC1. The van der Waals surface area contributed by atoms with Crippen molar-refractivity contribution < 1.29 is 14.6 Å². The van der Waals surface area contributed by atoms with Crippen LogP contribution in [0.5, 0.6) is 11.5 Å². The molecule has 0 aromatic heterocycles. The number of nitrogens with one attached hydrogen (secondary N) is 1. The first-order valence-electron chi connectivity index (χ1n) is 7.43. The molecule has 3 rings (SSSR count). The molecule has 4 heteroatoms. The number of aromatic hydroxyl groups is 1. The van der Waals surface area contributed by atoms with Gasteiger partial charge in [0.25, 0.3) is 5.91 Å². The Morgan fingerprint density at radius 1 is 1.09 bits per heavy atom. The van der Waals surface area contributed by atoms with Crippen LogP contribution in [0.1, 0.15) is 18.4 Å². The average molecular weight is 297 g/mol. The molecule has 2 aromatic rings. The molecule has 2 aromatic carbocycles. The zero-order valence-corrected chi connectivity index (χ0v) is 12.3. The predicted molar refractivity (Wildman–Crippen MR) is 84.0 cm³/mol. The molecule has 0 spiro atoms. The van der Waals surface area contributed by atoms with Gasteiger partial charge in [0.1, 0.15) is 0 Å². The van der Waals surface area contributed by atoms with Crippen molar-refractivity contribution in [2.24, 2.45) is 0 Å². The van der Waals surface area contributed by atoms with Crippen LogP contribution in [0.25, 0.3) is 0 Å². The van der Waals surface area contributed by atoms with E-state index >= 15 is 0 Å². The molecular formula is C18H19NO3. The van der Waals surface area contributed by atoms with E-state index in [0.717, 1.165) is 12.8 Å². The maximum Gasteiger partial charge on any atom is 0.257 e. The number of ether oxygens (including phenoxy) is 1. The molecule has 0 aliphatic heterocycles. The molecule has 0 heterocycles. The van der Waals surface area contributed by atoms with Gasteiger partial charge in [-0.25, -0.2) is 0 Å². The number of benzene rings is 2. The van der Waals surface area contributed by atoms with E-state index < -0.39 is 0 Å². The van der Waals surface area contributed by atoms with Gasteiger partial charge in [-0.3, -0.25) is 4.79 Å². The van der Waals surface area contributed by atoms with Gasteiger partial charge in [0.15, 0.2) is 18.1 Å². The fourth-order valence-corrected chi connectivity index (χ4v) is 2.55. The van der Waals surface area contributed by atoms with Gasteiger partial charge in [-0.2, -0.15) is 0 Å². The normalized spacial score (nSPS) is 15.1. The highest BCUT2D eigenvalue weighted by molar-refractivity contribution is 5.77. The predicted octanol–water partition coefficient (Wildman–Crippen LogP) is 2.62. The van der Waals surface area contributed by atoms with Gasteiger partial charge in [-0.1, -0.05) is 42.5 Å². The largest absolute Gasteiger partial charge is 0.504 e. The van der Waals surface area contributed by atoms with Gasteiger partial charge in [0, 0.05) is 12.0 Å². The van der Waals surface area contributed by atoms with Crippen LogP contribution in [0.3, 0.4) is 0 Å². The van der Waals surface area contributed by atoms with Crippen LogP contribution >= 0.6 is 0 Å². The summed E-state index contributed by atoms with van der Waals surface area (Å²) in [6, 6.07) is 16.9. The van der Waals surface area contributed by atoms with Crippen molar-refractivity contribution in [2.75, 3.05) is 13.2 Å². The molecule has 0 radical (unpaired) electrons. The number of carbonyl (C=O) groups is 1. The number of phenolic OH excluding ortho intramolecular Hbond substituents is 1. The molecule has 2 N–H and O–H groups in total. The molecule has 0 bridgehead atoms. The molecule has 0 unspecified atom stereocenters. The number of para-hydroxylation sites is 2. The van der Waals surface area contributed by atoms with Gasteiger partial charge in [0.05, 0.1) is 0 Å². The van der Waals surface area contributed by atoms with Crippen LogP contribution in [0.15, 0.2) is 54.6 Å². The summed E-state index contributed by atoms with van der Waals surface area (Å²) in [5, 5.41) is 12.5. The fraction of sp³-hybridized carbons (Fsp3) is 0.278. The van der Waals surface area contributed by atoms with E-state index in [1.807, 2.05) is 18.2 Å². The molecule has 1 aliphatic rings. The highest BCUT2D eigenvalue weighted by Gasteiger charge is 2.44. The smallest absolute Gasteiger partial charge is 0.257 e. The van der Waals surface area contributed by atoms with Crippen LogP contribution in [0.4, 0.5) is 0 Å². The zero-order valence-electron chi connectivity index (χ0n) is 12.3. The third kappa shape index (κ3) is 3.22. The topological polar surface area (TPSA) is 58.6 Å². The van der Waals surface area contributed by atoms with Crippen molar-refractivity contribution in [3.63, 3.8) is 0 Å². The van der Waals surface area contributed by atoms with E-state index in [-0.39, 0.29) is 23.7 Å². The molecule has 1 aliphatic carbocycles. The lowest BCUT2D eigenvalue weighted by Crippen LogP contribution is -2.35. The third-order valence-electron chi connectivity index (χ3n) is 4.09. The summed E-state index contributed by atoms with van der Waals surface area (Å²) in [6.45, 7) is 0.530. The monoisotopic (exact) mass is 297 g/mol. The lowest BCUT2D eigenvalue weighted by atomic mass is 9.96. The summed E-state index contributed by atoms with van der Waals surface area (Å²) in [5.41, 5.74) is 1.36. The Morgan fingerprint density at radius 3 is 2.45 bits per heavy atom. The molecule has 0 atom stereocenters. The Bertz CT molecular complexity index is 650. The maximum atomic E-state index is 11.9. The van der Waals surface area contributed by atoms with E-state index in [2.05, 4.69) is 17.4 Å². The second-order valence-corrected chi connectivity index (χ2v) is 5.68. The Morgan fingerprint density at radius 2 is 1.77 bits per heavy atom. The molecule has 22 heavy (non-hydrogen) atoms. The Hall–Kier alpha value is -2.49. The molecule has 1 saturated carbocycles. The second kappa shape index (κ2) is 6.10. The van der Waals surface area contributed by atoms with Gasteiger partial charge >= 0.3 is 0 Å². The number of phenols is 1. The van der Waals surface area contributed by atoms with Crippen LogP contribution in [0, 0.1) is 0 Å². The minimum absolute atomic E-state index is 0.0400. The summed E-state index contributed by atoms with van der Waals surface area (Å²) < 4.78 is 5.33. The Balaban J connectivity index is 1.50. The third-order valence-corrected chi connectivity index (χ3v) is 4.09. The number of amides is 1. The first-order valence-corrected chi connectivity index (χ1v) is 7.43. The number of hydrogen-bond acceptors (Lipinski definition) is 3. The van der Waals surface area contributed by atoms with Crippen molar-refractivity contribution in [2.45, 2.75) is 18.3 Å². The highest BCUT2D eigenvalue weighted by Crippen LogP contribution is 2.47. The standard InChI is InChI=1S/C18H19NO3/c20-15-8-4-5-9-16(15)22-12-17(21)19-13-18(10-11-18)14-6-2-1-3-7-14/h1-9,20H,10-13H2,(H,19,21). The second-order valence-electron chi connectivity index (χ2n) is 5.68. The lowest BCUT2D eigenvalue weighted by molar-refractivity contribution is -0.123. The van der Waals surface area contributed by atoms with Crippen molar-refractivity contribution in [1.82, 2.24) is 5.32 Å². The average Bonchev–Trinajstić information content (AvgIpc) is 3.34. The van der Waals surface area contributed by atoms with Crippen molar-refractivity contribution in [3.8, 4) is 11.5 Å². The Kier molecular flexibility index (Phi) is 4.00. The minimum atomic E-state index is -0.176. The van der Waals surface area contributed by atoms with Crippen molar-refractivity contribution in [1.29, 1.82) is 0 Å². The van der Waals surface area contributed by atoms with E-state index in [1.165, 1.54) is 11.6 Å². The van der Waals surface area contributed by atoms with Crippen molar-refractivity contribution >= 4 is 5.91 Å². The van der Waals surface area contributed by atoms with Crippen LogP contribution in [-0.2, 0) is 10.2 Å². The van der Waals surface area contributed by atoms with Gasteiger partial charge in [0.2, 0.25) is 0 Å². The number of carbonyl (C=O) groups excluding carboxylic acids is 1. The number of rotatable bonds is 6. The Labute approximate surface area is 129 Å². The molecule has 0 saturated heterocycles.